The van der Waals surface area contributed by atoms with Gasteiger partial charge in [-0.05, 0) is 31.0 Å². The topological polar surface area (TPSA) is 81.3 Å². The van der Waals surface area contributed by atoms with Crippen molar-refractivity contribution in [1.29, 1.82) is 0 Å². The van der Waals surface area contributed by atoms with Gasteiger partial charge in [0, 0.05) is 12.4 Å². The van der Waals surface area contributed by atoms with Gasteiger partial charge in [-0.2, -0.15) is 5.10 Å². The van der Waals surface area contributed by atoms with Crippen LogP contribution in [0.2, 0.25) is 0 Å². The number of carbonyl (C=O) groups excluding carboxylic acids is 2. The second kappa shape index (κ2) is 20.0. The maximum atomic E-state index is 12.4. The van der Waals surface area contributed by atoms with E-state index in [1.807, 2.05) is 6.07 Å². The van der Waals surface area contributed by atoms with Crippen LogP contribution in [-0.2, 0) is 9.47 Å². The number of rotatable bonds is 16. The van der Waals surface area contributed by atoms with Crippen LogP contribution in [0.1, 0.15) is 112 Å². The van der Waals surface area contributed by atoms with Crippen LogP contribution in [0.5, 0.6) is 0 Å². The number of H-pyrrole nitrogens is 1. The van der Waals surface area contributed by atoms with Gasteiger partial charge < -0.3 is 9.47 Å². The number of aromatic nitrogens is 2. The molecule has 2 aromatic rings. The minimum absolute atomic E-state index is 0.293. The molecule has 0 radical (unpaired) electrons. The van der Waals surface area contributed by atoms with Crippen LogP contribution in [0.4, 0.5) is 0 Å². The first-order valence-electron chi connectivity index (χ1n) is 12.6. The molecule has 0 saturated heterocycles. The molecule has 1 aromatic heterocycles. The Morgan fingerprint density at radius 1 is 0.697 bits per heavy atom. The maximum absolute atomic E-state index is 12.4. The lowest BCUT2D eigenvalue weighted by molar-refractivity contribution is 0.0450. The number of hydrogen-bond donors (Lipinski definition) is 1. The van der Waals surface area contributed by atoms with Gasteiger partial charge in [0.25, 0.3) is 0 Å². The number of unbranched alkanes of at least 4 members (excludes halogenated alkanes) is 10. The van der Waals surface area contributed by atoms with Crippen LogP contribution in [0.3, 0.4) is 0 Å². The highest BCUT2D eigenvalue weighted by Crippen LogP contribution is 2.14. The fourth-order valence-corrected chi connectivity index (χ4v) is 3.30. The van der Waals surface area contributed by atoms with Crippen molar-refractivity contribution < 1.29 is 19.1 Å². The van der Waals surface area contributed by atoms with Crippen LogP contribution >= 0.6 is 0 Å². The fourth-order valence-electron chi connectivity index (χ4n) is 3.30. The lowest BCUT2D eigenvalue weighted by atomic mass is 10.1. The average Bonchev–Trinajstić information content (AvgIpc) is 3.43. The summed E-state index contributed by atoms with van der Waals surface area (Å²) in [6.07, 6.45) is 17.1. The number of hydrogen-bond acceptors (Lipinski definition) is 5. The summed E-state index contributed by atoms with van der Waals surface area (Å²) in [6, 6.07) is 8.58. The van der Waals surface area contributed by atoms with Crippen LogP contribution in [0, 0.1) is 0 Å². The summed E-state index contributed by atoms with van der Waals surface area (Å²) >= 11 is 0. The van der Waals surface area contributed by atoms with Crippen molar-refractivity contribution >= 4 is 11.9 Å². The normalized spacial score (nSPS) is 10.2. The van der Waals surface area contributed by atoms with Gasteiger partial charge in [-0.25, -0.2) is 9.59 Å². The molecule has 1 heterocycles. The Kier molecular flexibility index (Phi) is 17.2. The third kappa shape index (κ3) is 14.2. The van der Waals surface area contributed by atoms with E-state index < -0.39 is 11.9 Å². The van der Waals surface area contributed by atoms with Crippen LogP contribution in [0.25, 0.3) is 0 Å². The van der Waals surface area contributed by atoms with Gasteiger partial charge in [0.05, 0.1) is 24.3 Å². The molecule has 0 saturated carbocycles. The molecule has 0 bridgehead atoms. The van der Waals surface area contributed by atoms with Crippen LogP contribution in [0.15, 0.2) is 42.7 Å². The van der Waals surface area contributed by atoms with E-state index >= 15 is 0 Å². The maximum Gasteiger partial charge on any atom is 0.339 e. The fraction of sp³-hybridized carbons (Fsp3) is 0.593. The molecule has 0 aliphatic rings. The molecule has 33 heavy (non-hydrogen) atoms. The summed E-state index contributed by atoms with van der Waals surface area (Å²) in [6.45, 7) is 5.17. The molecule has 6 heteroatoms. The molecular weight excluding hydrogens is 416 g/mol. The first-order valence-corrected chi connectivity index (χ1v) is 12.6. The van der Waals surface area contributed by atoms with Crippen LogP contribution in [-0.4, -0.2) is 35.3 Å². The molecule has 184 valence electrons. The Balaban J connectivity index is 0.000000953. The molecular formula is C27H42N2O4. The second-order valence-electron chi connectivity index (χ2n) is 8.12. The first kappa shape index (κ1) is 28.4. The Labute approximate surface area is 199 Å². The minimum atomic E-state index is -0.444. The van der Waals surface area contributed by atoms with Crippen molar-refractivity contribution in [3.8, 4) is 0 Å². The molecule has 0 unspecified atom stereocenters. The Morgan fingerprint density at radius 3 is 1.52 bits per heavy atom. The quantitative estimate of drug-likeness (QED) is 0.214. The number of aromatic amines is 1. The van der Waals surface area contributed by atoms with E-state index in [-0.39, 0.29) is 0 Å². The summed E-state index contributed by atoms with van der Waals surface area (Å²) in [4.78, 5) is 24.7. The van der Waals surface area contributed by atoms with Crippen molar-refractivity contribution in [3.63, 3.8) is 0 Å². The smallest absolute Gasteiger partial charge is 0.339 e. The van der Waals surface area contributed by atoms with Crippen molar-refractivity contribution in [2.24, 2.45) is 0 Å². The molecule has 0 amide bonds. The van der Waals surface area contributed by atoms with E-state index in [0.29, 0.717) is 24.3 Å². The summed E-state index contributed by atoms with van der Waals surface area (Å²) in [7, 11) is 0. The molecule has 1 N–H and O–H groups in total. The lowest BCUT2D eigenvalue weighted by Crippen LogP contribution is -2.15. The second-order valence-corrected chi connectivity index (χ2v) is 8.12. The van der Waals surface area contributed by atoms with Gasteiger partial charge in [0.15, 0.2) is 0 Å². The van der Waals surface area contributed by atoms with Crippen molar-refractivity contribution in [3.05, 3.63) is 53.9 Å². The molecule has 0 atom stereocenters. The van der Waals surface area contributed by atoms with E-state index in [4.69, 9.17) is 9.47 Å². The van der Waals surface area contributed by atoms with Crippen molar-refractivity contribution in [2.45, 2.75) is 90.9 Å². The summed E-state index contributed by atoms with van der Waals surface area (Å²) in [5, 5.41) is 6.21. The summed E-state index contributed by atoms with van der Waals surface area (Å²) in [5.41, 5.74) is 0.586. The predicted octanol–water partition coefficient (Wildman–Crippen LogP) is 7.13. The number of esters is 2. The van der Waals surface area contributed by atoms with Crippen molar-refractivity contribution in [2.75, 3.05) is 13.2 Å². The Bertz CT molecular complexity index is 665. The van der Waals surface area contributed by atoms with Crippen molar-refractivity contribution in [1.82, 2.24) is 10.2 Å². The Morgan fingerprint density at radius 2 is 1.15 bits per heavy atom. The highest BCUT2D eigenvalue weighted by molar-refractivity contribution is 6.03. The third-order valence-electron chi connectivity index (χ3n) is 5.23. The van der Waals surface area contributed by atoms with E-state index in [1.54, 1.807) is 36.7 Å². The highest BCUT2D eigenvalue weighted by atomic mass is 16.5. The summed E-state index contributed by atoms with van der Waals surface area (Å²) in [5.74, 6) is -0.888. The zero-order valence-electron chi connectivity index (χ0n) is 20.5. The third-order valence-corrected chi connectivity index (χ3v) is 5.23. The van der Waals surface area contributed by atoms with Gasteiger partial charge >= 0.3 is 11.9 Å². The minimum Gasteiger partial charge on any atom is -0.462 e. The molecule has 0 aliphatic carbocycles. The molecule has 0 aliphatic heterocycles. The van der Waals surface area contributed by atoms with Gasteiger partial charge in [-0.3, -0.25) is 5.10 Å². The van der Waals surface area contributed by atoms with Gasteiger partial charge in [0.1, 0.15) is 0 Å². The van der Waals surface area contributed by atoms with E-state index in [9.17, 15) is 9.59 Å². The number of nitrogens with zero attached hydrogens (tertiary/aromatic N) is 1. The first-order chi connectivity index (χ1) is 16.2. The molecule has 0 fully saturated rings. The monoisotopic (exact) mass is 458 g/mol. The number of carbonyl (C=O) groups is 2. The highest BCUT2D eigenvalue weighted by Gasteiger charge is 2.18. The summed E-state index contributed by atoms with van der Waals surface area (Å²) < 4.78 is 10.7. The van der Waals surface area contributed by atoms with E-state index in [0.717, 1.165) is 25.7 Å². The standard InChI is InChI=1S/C24H38O4.C3H4N2/c1-3-5-7-9-11-15-19-27-23(25)21-17-13-14-18-22(21)24(26)28-20-16-12-10-8-6-4-2;1-2-4-5-3-1/h13-14,17-18H,3-12,15-16,19-20H2,1-2H3;1-3H,(H,4,5). The van der Waals surface area contributed by atoms with Gasteiger partial charge in [-0.1, -0.05) is 90.2 Å². The zero-order chi connectivity index (χ0) is 24.0. The zero-order valence-corrected chi connectivity index (χ0v) is 20.5. The van der Waals surface area contributed by atoms with Crippen LogP contribution < -0.4 is 0 Å². The molecule has 0 spiro atoms. The van der Waals surface area contributed by atoms with Gasteiger partial charge in [0.2, 0.25) is 0 Å². The lowest BCUT2D eigenvalue weighted by Gasteiger charge is -2.10. The Hall–Kier alpha value is -2.63. The predicted molar refractivity (Wildman–Crippen MR) is 132 cm³/mol. The van der Waals surface area contributed by atoms with E-state index in [1.165, 1.54) is 51.4 Å². The molecule has 2 rings (SSSR count). The average molecular weight is 459 g/mol. The van der Waals surface area contributed by atoms with Gasteiger partial charge in [-0.15, -0.1) is 0 Å². The number of nitrogens with one attached hydrogen (secondary N) is 1. The molecule has 1 aromatic carbocycles. The number of benzene rings is 1. The largest absolute Gasteiger partial charge is 0.462 e. The number of ether oxygens (including phenoxy) is 2. The SMILES string of the molecule is CCCCCCCCOC(=O)c1ccccc1C(=O)OCCCCCCCC.c1cn[nH]c1. The molecule has 6 nitrogen and oxygen atoms in total. The van der Waals surface area contributed by atoms with E-state index in [2.05, 4.69) is 24.0 Å².